The molecule has 0 spiro atoms. The molecule has 0 radical (unpaired) electrons. The number of hydrogen-bond acceptors (Lipinski definition) is 5. The average Bonchev–Trinajstić information content (AvgIpc) is 2.79. The zero-order chi connectivity index (χ0) is 17.0. The highest BCUT2D eigenvalue weighted by atomic mass is 32.2. The van der Waals surface area contributed by atoms with Gasteiger partial charge in [-0.3, -0.25) is 19.3 Å². The number of thiocarbonyl (C=S) groups is 1. The molecular formula is C15H14N2O4S2. The third kappa shape index (κ3) is 4.17. The topological polar surface area (TPSA) is 86.7 Å². The molecule has 1 aliphatic heterocycles. The van der Waals surface area contributed by atoms with E-state index in [-0.39, 0.29) is 10.2 Å². The van der Waals surface area contributed by atoms with Crippen LogP contribution in [0.1, 0.15) is 12.5 Å². The molecule has 1 saturated heterocycles. The monoisotopic (exact) mass is 350 g/mol. The predicted molar refractivity (Wildman–Crippen MR) is 91.6 cm³/mol. The van der Waals surface area contributed by atoms with Crippen molar-refractivity contribution in [2.45, 2.75) is 13.0 Å². The first-order valence-corrected chi connectivity index (χ1v) is 7.94. The van der Waals surface area contributed by atoms with Gasteiger partial charge in [0, 0.05) is 0 Å². The molecule has 23 heavy (non-hydrogen) atoms. The molecule has 1 aliphatic rings. The van der Waals surface area contributed by atoms with Crippen molar-refractivity contribution in [2.24, 2.45) is 0 Å². The first-order chi connectivity index (χ1) is 10.9. The molecule has 2 amide bonds. The van der Waals surface area contributed by atoms with Gasteiger partial charge in [-0.15, -0.1) is 0 Å². The number of nitrogens with zero attached hydrogens (tertiary/aromatic N) is 1. The van der Waals surface area contributed by atoms with E-state index in [0.29, 0.717) is 4.91 Å². The highest BCUT2D eigenvalue weighted by molar-refractivity contribution is 8.26. The molecule has 1 aromatic rings. The van der Waals surface area contributed by atoms with Crippen molar-refractivity contribution in [1.29, 1.82) is 0 Å². The third-order valence-corrected chi connectivity index (χ3v) is 4.43. The first-order valence-electron chi connectivity index (χ1n) is 6.71. The Balaban J connectivity index is 2.13. The zero-order valence-corrected chi connectivity index (χ0v) is 13.8. The number of aliphatic carboxylic acids is 1. The van der Waals surface area contributed by atoms with Crippen LogP contribution in [0.5, 0.6) is 0 Å². The summed E-state index contributed by atoms with van der Waals surface area (Å²) in [6.07, 6.45) is 1.71. The van der Waals surface area contributed by atoms with Gasteiger partial charge in [-0.1, -0.05) is 54.3 Å². The van der Waals surface area contributed by atoms with Crippen LogP contribution < -0.4 is 5.32 Å². The lowest BCUT2D eigenvalue weighted by atomic mass is 10.2. The van der Waals surface area contributed by atoms with E-state index in [1.165, 1.54) is 11.8 Å². The fourth-order valence-corrected chi connectivity index (χ4v) is 3.36. The van der Waals surface area contributed by atoms with Crippen molar-refractivity contribution < 1.29 is 19.5 Å². The number of benzene rings is 1. The molecule has 0 aliphatic carbocycles. The molecule has 1 heterocycles. The van der Waals surface area contributed by atoms with Gasteiger partial charge < -0.3 is 10.4 Å². The van der Waals surface area contributed by atoms with E-state index >= 15 is 0 Å². The zero-order valence-electron chi connectivity index (χ0n) is 12.2. The molecule has 0 saturated carbocycles. The molecule has 1 unspecified atom stereocenters. The Morgan fingerprint density at radius 2 is 2.04 bits per heavy atom. The van der Waals surface area contributed by atoms with Gasteiger partial charge in [-0.05, 0) is 18.6 Å². The molecule has 120 valence electrons. The van der Waals surface area contributed by atoms with E-state index in [1.54, 1.807) is 6.08 Å². The van der Waals surface area contributed by atoms with Gasteiger partial charge in [-0.25, -0.2) is 0 Å². The van der Waals surface area contributed by atoms with Crippen LogP contribution in [0.4, 0.5) is 0 Å². The Hall–Kier alpha value is -2.19. The maximum atomic E-state index is 12.5. The van der Waals surface area contributed by atoms with E-state index < -0.39 is 24.5 Å². The van der Waals surface area contributed by atoms with E-state index in [4.69, 9.17) is 17.3 Å². The van der Waals surface area contributed by atoms with Crippen molar-refractivity contribution >= 4 is 52.2 Å². The summed E-state index contributed by atoms with van der Waals surface area (Å²) >= 11 is 6.29. The van der Waals surface area contributed by atoms with Gasteiger partial charge in [0.2, 0.25) is 5.91 Å². The molecule has 0 bridgehead atoms. The van der Waals surface area contributed by atoms with Crippen LogP contribution in [0.2, 0.25) is 0 Å². The molecule has 0 aromatic heterocycles. The number of carboxylic acid groups (broad SMARTS) is 1. The van der Waals surface area contributed by atoms with E-state index in [9.17, 15) is 14.4 Å². The van der Waals surface area contributed by atoms with Crippen LogP contribution in [0.3, 0.4) is 0 Å². The van der Waals surface area contributed by atoms with Crippen molar-refractivity contribution in [1.82, 2.24) is 10.2 Å². The number of carboxylic acids is 1. The Labute approximate surface area is 142 Å². The minimum absolute atomic E-state index is 0.273. The number of carbonyl (C=O) groups is 3. The minimum Gasteiger partial charge on any atom is -0.480 e. The fourth-order valence-electron chi connectivity index (χ4n) is 1.94. The largest absolute Gasteiger partial charge is 0.480 e. The number of hydrogen-bond donors (Lipinski definition) is 2. The number of thioether (sulfide) groups is 1. The second-order valence-corrected chi connectivity index (χ2v) is 6.43. The highest BCUT2D eigenvalue weighted by Crippen LogP contribution is 2.33. The van der Waals surface area contributed by atoms with Crippen LogP contribution in [-0.2, 0) is 14.4 Å². The van der Waals surface area contributed by atoms with Gasteiger partial charge in [0.15, 0.2) is 0 Å². The number of carbonyl (C=O) groups excluding carboxylic acids is 2. The van der Waals surface area contributed by atoms with E-state index in [0.717, 1.165) is 17.3 Å². The van der Waals surface area contributed by atoms with Crippen LogP contribution in [0.15, 0.2) is 35.2 Å². The van der Waals surface area contributed by atoms with Crippen LogP contribution >= 0.6 is 24.0 Å². The maximum absolute atomic E-state index is 12.5. The quantitative estimate of drug-likeness (QED) is 0.618. The lowest BCUT2D eigenvalue weighted by Crippen LogP contribution is -2.48. The molecule has 1 fully saturated rings. The van der Waals surface area contributed by atoms with Gasteiger partial charge in [0.05, 0.1) is 4.91 Å². The van der Waals surface area contributed by atoms with Crippen LogP contribution in [0, 0.1) is 0 Å². The molecule has 6 nitrogen and oxygen atoms in total. The summed E-state index contributed by atoms with van der Waals surface area (Å²) < 4.78 is 0.273. The van der Waals surface area contributed by atoms with E-state index in [2.05, 4.69) is 5.32 Å². The van der Waals surface area contributed by atoms with Crippen LogP contribution in [-0.4, -0.2) is 44.7 Å². The predicted octanol–water partition coefficient (Wildman–Crippen LogP) is 1.48. The second-order valence-electron chi connectivity index (χ2n) is 4.75. The Bertz CT molecular complexity index is 688. The minimum atomic E-state index is -1.15. The number of rotatable bonds is 5. The SMILES string of the molecule is CC(C(=O)NCC(=O)O)N1C(=O)/C(=C/c2ccccc2)SC1=S. The first kappa shape index (κ1) is 17.2. The Morgan fingerprint density at radius 3 is 2.65 bits per heavy atom. The van der Waals surface area contributed by atoms with Crippen molar-refractivity contribution in [3.63, 3.8) is 0 Å². The highest BCUT2D eigenvalue weighted by Gasteiger charge is 2.38. The standard InChI is InChI=1S/C15H14N2O4S2/c1-9(13(20)16-8-12(18)19)17-14(21)11(23-15(17)22)7-10-5-3-2-4-6-10/h2-7,9H,8H2,1H3,(H,16,20)(H,18,19)/b11-7-. The summed E-state index contributed by atoms with van der Waals surface area (Å²) in [5.74, 6) is -2.08. The van der Waals surface area contributed by atoms with Crippen molar-refractivity contribution in [3.8, 4) is 0 Å². The molecule has 2 N–H and O–H groups in total. The van der Waals surface area contributed by atoms with Gasteiger partial charge >= 0.3 is 5.97 Å². The lowest BCUT2D eigenvalue weighted by Gasteiger charge is -2.21. The third-order valence-electron chi connectivity index (χ3n) is 3.10. The molecule has 8 heteroatoms. The summed E-state index contributed by atoms with van der Waals surface area (Å²) in [6.45, 7) is 1.01. The van der Waals surface area contributed by atoms with E-state index in [1.807, 2.05) is 30.3 Å². The van der Waals surface area contributed by atoms with Gasteiger partial charge in [0.1, 0.15) is 16.9 Å². The smallest absolute Gasteiger partial charge is 0.322 e. The molecule has 1 atom stereocenters. The average molecular weight is 350 g/mol. The fraction of sp³-hybridized carbons (Fsp3) is 0.200. The molecule has 1 aromatic carbocycles. The summed E-state index contributed by atoms with van der Waals surface area (Å²) in [6, 6.07) is 8.43. The van der Waals surface area contributed by atoms with Gasteiger partial charge in [0.25, 0.3) is 5.91 Å². The molecule has 2 rings (SSSR count). The molecular weight excluding hydrogens is 336 g/mol. The summed E-state index contributed by atoms with van der Waals surface area (Å²) in [5, 5.41) is 10.8. The van der Waals surface area contributed by atoms with Crippen LogP contribution in [0.25, 0.3) is 6.08 Å². The summed E-state index contributed by atoms with van der Waals surface area (Å²) in [5.41, 5.74) is 0.857. The normalized spacial score (nSPS) is 17.4. The Kier molecular flexibility index (Phi) is 5.51. The van der Waals surface area contributed by atoms with Crippen molar-refractivity contribution in [3.05, 3.63) is 40.8 Å². The number of nitrogens with one attached hydrogen (secondary N) is 1. The van der Waals surface area contributed by atoms with Gasteiger partial charge in [-0.2, -0.15) is 0 Å². The lowest BCUT2D eigenvalue weighted by molar-refractivity contribution is -0.139. The Morgan fingerprint density at radius 1 is 1.39 bits per heavy atom. The second kappa shape index (κ2) is 7.38. The number of amides is 2. The maximum Gasteiger partial charge on any atom is 0.322 e. The van der Waals surface area contributed by atoms with Crippen molar-refractivity contribution in [2.75, 3.05) is 6.54 Å². The summed E-state index contributed by atoms with van der Waals surface area (Å²) in [4.78, 5) is 36.5. The summed E-state index contributed by atoms with van der Waals surface area (Å²) in [7, 11) is 0.